The fourth-order valence-electron chi connectivity index (χ4n) is 3.49. The van der Waals surface area contributed by atoms with Gasteiger partial charge in [0, 0.05) is 16.0 Å². The van der Waals surface area contributed by atoms with Crippen LogP contribution in [0.2, 0.25) is 5.04 Å². The number of halogens is 1. The minimum atomic E-state index is -2.48. The first kappa shape index (κ1) is 19.3. The molecular formula is C22H24INOSi. The monoisotopic (exact) mass is 473 g/mol. The Morgan fingerprint density at radius 3 is 1.88 bits per heavy atom. The van der Waals surface area contributed by atoms with Crippen LogP contribution in [0.15, 0.2) is 79.1 Å². The van der Waals surface area contributed by atoms with Crippen LogP contribution in [0.25, 0.3) is 0 Å². The average Bonchev–Trinajstić information content (AvgIpc) is 2.63. The van der Waals surface area contributed by atoms with Gasteiger partial charge in [-0.05, 0) is 49.6 Å². The third kappa shape index (κ3) is 3.92. The van der Waals surface area contributed by atoms with Crippen molar-refractivity contribution in [3.05, 3.63) is 88.3 Å². The van der Waals surface area contributed by atoms with Crippen molar-refractivity contribution in [2.75, 3.05) is 0 Å². The molecule has 3 aromatic rings. The summed E-state index contributed by atoms with van der Waals surface area (Å²) in [6.45, 7) is 7.46. The standard InChI is InChI=1S/C22H24INOSi/c1-22(2,3)26(20-10-6-4-7-11-20,21-12-8-5-9-13-21)25-17-18-14-19(23)16-24-15-18/h4-16H,17H2,1-3H3. The van der Waals surface area contributed by atoms with E-state index in [0.717, 1.165) is 9.13 Å². The van der Waals surface area contributed by atoms with Crippen molar-refractivity contribution >= 4 is 41.3 Å². The predicted molar refractivity (Wildman–Crippen MR) is 119 cm³/mol. The van der Waals surface area contributed by atoms with Gasteiger partial charge in [0.05, 0.1) is 6.61 Å². The lowest BCUT2D eigenvalue weighted by Crippen LogP contribution is -2.66. The van der Waals surface area contributed by atoms with Crippen molar-refractivity contribution in [1.82, 2.24) is 4.98 Å². The van der Waals surface area contributed by atoms with Crippen LogP contribution in [0.1, 0.15) is 26.3 Å². The SMILES string of the molecule is CC(C)(C)[Si](OCc1cncc(I)c1)(c1ccccc1)c1ccccc1. The lowest BCUT2D eigenvalue weighted by molar-refractivity contribution is 0.285. The summed E-state index contributed by atoms with van der Waals surface area (Å²) < 4.78 is 8.03. The Balaban J connectivity index is 2.11. The van der Waals surface area contributed by atoms with E-state index in [1.54, 1.807) is 0 Å². The fraction of sp³-hybridized carbons (Fsp3) is 0.227. The van der Waals surface area contributed by atoms with E-state index in [-0.39, 0.29) is 5.04 Å². The maximum Gasteiger partial charge on any atom is 0.261 e. The van der Waals surface area contributed by atoms with E-state index in [0.29, 0.717) is 6.61 Å². The fourth-order valence-corrected chi connectivity index (χ4v) is 8.59. The van der Waals surface area contributed by atoms with Crippen LogP contribution in [-0.2, 0) is 11.0 Å². The van der Waals surface area contributed by atoms with Gasteiger partial charge in [0.2, 0.25) is 0 Å². The molecule has 0 N–H and O–H groups in total. The summed E-state index contributed by atoms with van der Waals surface area (Å²) in [6.07, 6.45) is 3.77. The predicted octanol–water partition coefficient (Wildman–Crippen LogP) is 4.76. The summed E-state index contributed by atoms with van der Waals surface area (Å²) in [7, 11) is -2.48. The number of benzene rings is 2. The van der Waals surface area contributed by atoms with Crippen LogP contribution in [0.4, 0.5) is 0 Å². The molecule has 1 aromatic heterocycles. The molecule has 0 radical (unpaired) electrons. The number of pyridine rings is 1. The Labute approximate surface area is 170 Å². The molecule has 0 aliphatic rings. The highest BCUT2D eigenvalue weighted by Crippen LogP contribution is 2.37. The highest BCUT2D eigenvalue weighted by atomic mass is 127. The molecule has 2 nitrogen and oxygen atoms in total. The first-order chi connectivity index (χ1) is 12.4. The molecule has 0 atom stereocenters. The molecule has 0 fully saturated rings. The quantitative estimate of drug-likeness (QED) is 0.394. The average molecular weight is 473 g/mol. The van der Waals surface area contributed by atoms with Gasteiger partial charge in [0.1, 0.15) is 0 Å². The number of aromatic nitrogens is 1. The molecule has 2 aromatic carbocycles. The minimum Gasteiger partial charge on any atom is -0.403 e. The van der Waals surface area contributed by atoms with Gasteiger partial charge < -0.3 is 4.43 Å². The Morgan fingerprint density at radius 2 is 1.42 bits per heavy atom. The van der Waals surface area contributed by atoms with Gasteiger partial charge in [-0.1, -0.05) is 81.4 Å². The Hall–Kier alpha value is -1.50. The lowest BCUT2D eigenvalue weighted by Gasteiger charge is -2.43. The van der Waals surface area contributed by atoms with Crippen LogP contribution in [0.3, 0.4) is 0 Å². The number of hydrogen-bond acceptors (Lipinski definition) is 2. The van der Waals surface area contributed by atoms with Crippen LogP contribution in [0, 0.1) is 3.57 Å². The molecule has 0 aliphatic heterocycles. The van der Waals surface area contributed by atoms with Crippen LogP contribution in [0.5, 0.6) is 0 Å². The number of rotatable bonds is 5. The Morgan fingerprint density at radius 1 is 0.885 bits per heavy atom. The second-order valence-corrected chi connectivity index (χ2v) is 13.0. The summed E-state index contributed by atoms with van der Waals surface area (Å²) >= 11 is 2.30. The summed E-state index contributed by atoms with van der Waals surface area (Å²) in [5.74, 6) is 0. The largest absolute Gasteiger partial charge is 0.403 e. The molecule has 4 heteroatoms. The zero-order valence-corrected chi connectivity index (χ0v) is 18.6. The topological polar surface area (TPSA) is 22.1 Å². The van der Waals surface area contributed by atoms with Crippen molar-refractivity contribution in [1.29, 1.82) is 0 Å². The highest BCUT2D eigenvalue weighted by Gasteiger charge is 2.50. The van der Waals surface area contributed by atoms with E-state index in [1.165, 1.54) is 10.4 Å². The molecule has 3 rings (SSSR count). The third-order valence-electron chi connectivity index (χ3n) is 4.63. The first-order valence-electron chi connectivity index (χ1n) is 8.78. The first-order valence-corrected chi connectivity index (χ1v) is 11.8. The lowest BCUT2D eigenvalue weighted by atomic mass is 10.2. The van der Waals surface area contributed by atoms with Crippen LogP contribution < -0.4 is 10.4 Å². The van der Waals surface area contributed by atoms with Gasteiger partial charge in [-0.25, -0.2) is 0 Å². The molecule has 134 valence electrons. The molecular weight excluding hydrogens is 449 g/mol. The van der Waals surface area contributed by atoms with E-state index in [2.05, 4.69) is 115 Å². The van der Waals surface area contributed by atoms with Crippen LogP contribution >= 0.6 is 22.6 Å². The van der Waals surface area contributed by atoms with Crippen molar-refractivity contribution in [2.24, 2.45) is 0 Å². The Bertz CT molecular complexity index is 807. The zero-order chi connectivity index (χ0) is 18.6. The highest BCUT2D eigenvalue weighted by molar-refractivity contribution is 14.1. The molecule has 0 amide bonds. The normalized spacial score (nSPS) is 12.2. The van der Waals surface area contributed by atoms with Crippen molar-refractivity contribution in [3.63, 3.8) is 0 Å². The minimum absolute atomic E-state index is 0.00886. The van der Waals surface area contributed by atoms with Gasteiger partial charge in [-0.15, -0.1) is 0 Å². The van der Waals surface area contributed by atoms with Gasteiger partial charge in [-0.2, -0.15) is 0 Å². The van der Waals surface area contributed by atoms with E-state index in [4.69, 9.17) is 4.43 Å². The van der Waals surface area contributed by atoms with Gasteiger partial charge >= 0.3 is 0 Å². The second kappa shape index (κ2) is 8.02. The third-order valence-corrected chi connectivity index (χ3v) is 10.2. The number of nitrogens with zero attached hydrogens (tertiary/aromatic N) is 1. The summed E-state index contributed by atoms with van der Waals surface area (Å²) in [5.41, 5.74) is 1.12. The maximum atomic E-state index is 6.90. The second-order valence-electron chi connectivity index (χ2n) is 7.46. The molecule has 0 bridgehead atoms. The van der Waals surface area contributed by atoms with Gasteiger partial charge in [-0.3, -0.25) is 4.98 Å². The summed E-state index contributed by atoms with van der Waals surface area (Å²) in [6, 6.07) is 23.6. The van der Waals surface area contributed by atoms with Crippen LogP contribution in [-0.4, -0.2) is 13.3 Å². The van der Waals surface area contributed by atoms with Gasteiger partial charge in [0.15, 0.2) is 0 Å². The van der Waals surface area contributed by atoms with Gasteiger partial charge in [0.25, 0.3) is 8.32 Å². The smallest absolute Gasteiger partial charge is 0.261 e. The number of hydrogen-bond donors (Lipinski definition) is 0. The molecule has 0 aliphatic carbocycles. The van der Waals surface area contributed by atoms with Crippen molar-refractivity contribution < 1.29 is 4.43 Å². The summed E-state index contributed by atoms with van der Waals surface area (Å²) in [4.78, 5) is 4.32. The maximum absolute atomic E-state index is 6.90. The van der Waals surface area contributed by atoms with E-state index in [9.17, 15) is 0 Å². The molecule has 0 unspecified atom stereocenters. The van der Waals surface area contributed by atoms with E-state index < -0.39 is 8.32 Å². The zero-order valence-electron chi connectivity index (χ0n) is 15.4. The van der Waals surface area contributed by atoms with Crippen molar-refractivity contribution in [2.45, 2.75) is 32.4 Å². The van der Waals surface area contributed by atoms with Crippen molar-refractivity contribution in [3.8, 4) is 0 Å². The molecule has 1 heterocycles. The van der Waals surface area contributed by atoms with E-state index in [1.807, 2.05) is 12.4 Å². The Kier molecular flexibility index (Phi) is 5.95. The van der Waals surface area contributed by atoms with E-state index >= 15 is 0 Å². The molecule has 0 spiro atoms. The molecule has 26 heavy (non-hydrogen) atoms. The summed E-state index contributed by atoms with van der Waals surface area (Å²) in [5, 5.41) is 2.60. The molecule has 0 saturated heterocycles. The molecule has 0 saturated carbocycles.